The third-order valence-electron chi connectivity index (χ3n) is 3.79. The van der Waals surface area contributed by atoms with E-state index in [1.54, 1.807) is 0 Å². The summed E-state index contributed by atoms with van der Waals surface area (Å²) in [6.45, 7) is 3.21. The lowest BCUT2D eigenvalue weighted by atomic mass is 9.72. The highest BCUT2D eigenvalue weighted by Crippen LogP contribution is 2.44. The first-order chi connectivity index (χ1) is 8.22. The summed E-state index contributed by atoms with van der Waals surface area (Å²) in [5.74, 6) is 0. The normalized spacial score (nSPS) is 19.9. The fourth-order valence-corrected chi connectivity index (χ4v) is 2.62. The Bertz CT molecular complexity index is 352. The van der Waals surface area contributed by atoms with Crippen molar-refractivity contribution in [1.82, 2.24) is 15.1 Å². The smallest absolute Gasteiger partial charge is 0.0873 e. The topological polar surface area (TPSA) is 39.1 Å². The summed E-state index contributed by atoms with van der Waals surface area (Å²) in [5.41, 5.74) is 1.22. The van der Waals surface area contributed by atoms with E-state index in [4.69, 9.17) is 4.74 Å². The predicted octanol–water partition coefficient (Wildman–Crippen LogP) is 2.03. The number of rotatable bonds is 6. The Balaban J connectivity index is 2.18. The van der Waals surface area contributed by atoms with Gasteiger partial charge in [0.05, 0.1) is 17.8 Å². The van der Waals surface area contributed by atoms with Crippen molar-refractivity contribution < 1.29 is 4.74 Å². The number of hydrogen-bond acceptors (Lipinski definition) is 3. The van der Waals surface area contributed by atoms with Crippen molar-refractivity contribution in [3.8, 4) is 0 Å². The van der Waals surface area contributed by atoms with Crippen molar-refractivity contribution in [3.05, 3.63) is 18.0 Å². The van der Waals surface area contributed by atoms with Crippen molar-refractivity contribution in [2.45, 2.75) is 44.2 Å². The standard InChI is InChI=1S/C13H23N3O/c1-4-8-14-12(11-9-15-16(2)10-11)13(17-3)6-5-7-13/h9-10,12,14H,4-8H2,1-3H3. The molecule has 1 fully saturated rings. The molecule has 1 saturated carbocycles. The number of hydrogen-bond donors (Lipinski definition) is 1. The monoisotopic (exact) mass is 237 g/mol. The van der Waals surface area contributed by atoms with Gasteiger partial charge in [-0.2, -0.15) is 5.10 Å². The van der Waals surface area contributed by atoms with E-state index in [9.17, 15) is 0 Å². The van der Waals surface area contributed by atoms with Crippen LogP contribution in [-0.4, -0.2) is 29.0 Å². The van der Waals surface area contributed by atoms with E-state index in [0.29, 0.717) is 0 Å². The SMILES string of the molecule is CCCNC(c1cnn(C)c1)C1(OC)CCC1. The number of nitrogens with one attached hydrogen (secondary N) is 1. The number of ether oxygens (including phenoxy) is 1. The Hall–Kier alpha value is -0.870. The van der Waals surface area contributed by atoms with Gasteiger partial charge in [-0.15, -0.1) is 0 Å². The molecule has 0 amide bonds. The first kappa shape index (κ1) is 12.6. The van der Waals surface area contributed by atoms with E-state index in [1.807, 2.05) is 25.0 Å². The molecule has 0 aliphatic heterocycles. The lowest BCUT2D eigenvalue weighted by molar-refractivity contribution is -0.0997. The molecule has 0 spiro atoms. The van der Waals surface area contributed by atoms with E-state index in [1.165, 1.54) is 12.0 Å². The van der Waals surface area contributed by atoms with Crippen LogP contribution in [0.1, 0.15) is 44.2 Å². The van der Waals surface area contributed by atoms with E-state index in [2.05, 4.69) is 23.5 Å². The summed E-state index contributed by atoms with van der Waals surface area (Å²) < 4.78 is 7.66. The third-order valence-corrected chi connectivity index (χ3v) is 3.79. The van der Waals surface area contributed by atoms with Crippen molar-refractivity contribution >= 4 is 0 Å². The minimum Gasteiger partial charge on any atom is -0.376 e. The molecule has 0 bridgehead atoms. The number of aryl methyl sites for hydroxylation is 1. The van der Waals surface area contributed by atoms with Gasteiger partial charge in [-0.25, -0.2) is 0 Å². The van der Waals surface area contributed by atoms with Crippen LogP contribution in [0.2, 0.25) is 0 Å². The number of nitrogens with zero attached hydrogens (tertiary/aromatic N) is 2. The summed E-state index contributed by atoms with van der Waals surface area (Å²) in [6.07, 6.45) is 8.72. The van der Waals surface area contributed by atoms with Gasteiger partial charge >= 0.3 is 0 Å². The molecule has 4 heteroatoms. The van der Waals surface area contributed by atoms with Crippen LogP contribution < -0.4 is 5.32 Å². The quantitative estimate of drug-likeness (QED) is 0.823. The van der Waals surface area contributed by atoms with Gasteiger partial charge < -0.3 is 10.1 Å². The second-order valence-electron chi connectivity index (χ2n) is 4.96. The van der Waals surface area contributed by atoms with E-state index >= 15 is 0 Å². The molecular formula is C13H23N3O. The fourth-order valence-electron chi connectivity index (χ4n) is 2.62. The maximum Gasteiger partial charge on any atom is 0.0873 e. The van der Waals surface area contributed by atoms with Crippen molar-refractivity contribution in [2.24, 2.45) is 7.05 Å². The minimum atomic E-state index is -0.0157. The second-order valence-corrected chi connectivity index (χ2v) is 4.96. The predicted molar refractivity (Wildman–Crippen MR) is 67.8 cm³/mol. The van der Waals surface area contributed by atoms with Crippen LogP contribution in [0.3, 0.4) is 0 Å². The average molecular weight is 237 g/mol. The van der Waals surface area contributed by atoms with Gasteiger partial charge in [-0.1, -0.05) is 6.92 Å². The van der Waals surface area contributed by atoms with E-state index in [0.717, 1.165) is 25.8 Å². The minimum absolute atomic E-state index is 0.0157. The van der Waals surface area contributed by atoms with Crippen molar-refractivity contribution in [2.75, 3.05) is 13.7 Å². The molecule has 1 unspecified atom stereocenters. The highest BCUT2D eigenvalue weighted by Gasteiger charge is 2.45. The zero-order valence-electron chi connectivity index (χ0n) is 11.1. The molecule has 1 aliphatic rings. The molecule has 1 aromatic rings. The molecule has 1 heterocycles. The molecule has 1 aliphatic carbocycles. The average Bonchev–Trinajstić information content (AvgIpc) is 2.68. The molecule has 0 radical (unpaired) electrons. The Morgan fingerprint density at radius 1 is 1.59 bits per heavy atom. The molecule has 1 atom stereocenters. The van der Waals surface area contributed by atoms with Crippen molar-refractivity contribution in [1.29, 1.82) is 0 Å². The Morgan fingerprint density at radius 2 is 2.35 bits per heavy atom. The van der Waals surface area contributed by atoms with Crippen LogP contribution in [0.5, 0.6) is 0 Å². The van der Waals surface area contributed by atoms with Crippen LogP contribution in [-0.2, 0) is 11.8 Å². The lowest BCUT2D eigenvalue weighted by Crippen LogP contribution is -2.50. The molecule has 96 valence electrons. The van der Waals surface area contributed by atoms with Crippen LogP contribution in [0, 0.1) is 0 Å². The third kappa shape index (κ3) is 2.38. The molecule has 2 rings (SSSR count). The maximum atomic E-state index is 5.80. The molecule has 0 aromatic carbocycles. The molecule has 1 N–H and O–H groups in total. The summed E-state index contributed by atoms with van der Waals surface area (Å²) in [7, 11) is 3.79. The zero-order valence-corrected chi connectivity index (χ0v) is 11.1. The van der Waals surface area contributed by atoms with Gasteiger partial charge in [-0.05, 0) is 32.2 Å². The molecule has 4 nitrogen and oxygen atoms in total. The number of methoxy groups -OCH3 is 1. The zero-order chi connectivity index (χ0) is 12.3. The number of aromatic nitrogens is 2. The van der Waals surface area contributed by atoms with E-state index in [-0.39, 0.29) is 11.6 Å². The van der Waals surface area contributed by atoms with Gasteiger partial charge in [0.15, 0.2) is 0 Å². The largest absolute Gasteiger partial charge is 0.376 e. The van der Waals surface area contributed by atoms with Crippen molar-refractivity contribution in [3.63, 3.8) is 0 Å². The first-order valence-electron chi connectivity index (χ1n) is 6.49. The fraction of sp³-hybridized carbons (Fsp3) is 0.769. The Labute approximate surface area is 103 Å². The van der Waals surface area contributed by atoms with Crippen LogP contribution in [0.15, 0.2) is 12.4 Å². The molecule has 17 heavy (non-hydrogen) atoms. The first-order valence-corrected chi connectivity index (χ1v) is 6.49. The van der Waals surface area contributed by atoms with E-state index < -0.39 is 0 Å². The Kier molecular flexibility index (Phi) is 3.84. The van der Waals surface area contributed by atoms with Crippen LogP contribution in [0.25, 0.3) is 0 Å². The Morgan fingerprint density at radius 3 is 2.76 bits per heavy atom. The van der Waals surface area contributed by atoms with Gasteiger partial charge in [0, 0.05) is 25.9 Å². The maximum absolute atomic E-state index is 5.80. The molecular weight excluding hydrogens is 214 g/mol. The van der Waals surface area contributed by atoms with Gasteiger partial charge in [0.25, 0.3) is 0 Å². The highest BCUT2D eigenvalue weighted by molar-refractivity contribution is 5.18. The molecule has 1 aromatic heterocycles. The van der Waals surface area contributed by atoms with Crippen LogP contribution in [0.4, 0.5) is 0 Å². The summed E-state index contributed by atoms with van der Waals surface area (Å²) in [4.78, 5) is 0. The lowest BCUT2D eigenvalue weighted by Gasteiger charge is -2.46. The summed E-state index contributed by atoms with van der Waals surface area (Å²) >= 11 is 0. The van der Waals surface area contributed by atoms with Crippen LogP contribution >= 0.6 is 0 Å². The van der Waals surface area contributed by atoms with Gasteiger partial charge in [-0.3, -0.25) is 4.68 Å². The summed E-state index contributed by atoms with van der Waals surface area (Å²) in [6, 6.07) is 0.273. The molecule has 0 saturated heterocycles. The van der Waals surface area contributed by atoms with Gasteiger partial charge in [0.2, 0.25) is 0 Å². The highest BCUT2D eigenvalue weighted by atomic mass is 16.5. The van der Waals surface area contributed by atoms with Gasteiger partial charge in [0.1, 0.15) is 0 Å². The summed E-state index contributed by atoms with van der Waals surface area (Å²) in [5, 5.41) is 7.89. The second kappa shape index (κ2) is 5.19.